The first kappa shape index (κ1) is 14.6. The Labute approximate surface area is 127 Å². The zero-order chi connectivity index (χ0) is 14.5. The van der Waals surface area contributed by atoms with Crippen molar-refractivity contribution in [2.24, 2.45) is 0 Å². The van der Waals surface area contributed by atoms with E-state index >= 15 is 0 Å². The molecular weight excluding hydrogens is 320 g/mol. The Hall–Kier alpha value is -1.82. The van der Waals surface area contributed by atoms with Gasteiger partial charge in [0.25, 0.3) is 0 Å². The Bertz CT molecular complexity index is 589. The number of aromatic nitrogens is 2. The van der Waals surface area contributed by atoms with E-state index in [1.807, 2.05) is 50.2 Å². The average molecular weight is 337 g/mol. The molecule has 0 aliphatic carbocycles. The average Bonchev–Trinajstić information content (AvgIpc) is 2.43. The molecule has 0 saturated carbocycles. The molecule has 0 saturated heterocycles. The topological polar surface area (TPSA) is 50.3 Å². The van der Waals surface area contributed by atoms with E-state index in [1.54, 1.807) is 6.20 Å². The maximum absolute atomic E-state index is 5.82. The summed E-state index contributed by atoms with van der Waals surface area (Å²) >= 11 is 3.40. The number of halogens is 1. The molecule has 6 heteroatoms. The molecular formula is C14H17BrN4O. The predicted molar refractivity (Wildman–Crippen MR) is 84.7 cm³/mol. The SMILES string of the molecule is CCNc1ncc(Br)c(Oc2cccc(N(C)C)c2)n1. The van der Waals surface area contributed by atoms with Gasteiger partial charge < -0.3 is 15.0 Å². The van der Waals surface area contributed by atoms with Crippen molar-refractivity contribution in [2.45, 2.75) is 6.92 Å². The van der Waals surface area contributed by atoms with Crippen molar-refractivity contribution in [3.8, 4) is 11.6 Å². The molecule has 1 aromatic heterocycles. The predicted octanol–water partition coefficient (Wildman–Crippen LogP) is 3.53. The fourth-order valence-corrected chi connectivity index (χ4v) is 1.88. The second-order valence-corrected chi connectivity index (χ2v) is 5.23. The van der Waals surface area contributed by atoms with E-state index in [-0.39, 0.29) is 0 Å². The largest absolute Gasteiger partial charge is 0.438 e. The van der Waals surface area contributed by atoms with Crippen LogP contribution in [0.5, 0.6) is 11.6 Å². The first-order valence-corrected chi connectivity index (χ1v) is 7.11. The minimum atomic E-state index is 0.492. The van der Waals surface area contributed by atoms with Crippen LogP contribution >= 0.6 is 15.9 Å². The summed E-state index contributed by atoms with van der Waals surface area (Å²) in [6.45, 7) is 2.75. The summed E-state index contributed by atoms with van der Waals surface area (Å²) in [6, 6.07) is 7.83. The molecule has 20 heavy (non-hydrogen) atoms. The molecule has 106 valence electrons. The Morgan fingerprint density at radius 1 is 1.35 bits per heavy atom. The smallest absolute Gasteiger partial charge is 0.238 e. The number of nitrogens with zero attached hydrogens (tertiary/aromatic N) is 3. The third-order valence-electron chi connectivity index (χ3n) is 2.60. The van der Waals surface area contributed by atoms with Crippen molar-refractivity contribution < 1.29 is 4.74 Å². The molecule has 1 N–H and O–H groups in total. The number of hydrogen-bond acceptors (Lipinski definition) is 5. The van der Waals surface area contributed by atoms with Gasteiger partial charge in [0.05, 0.1) is 10.7 Å². The number of anilines is 2. The molecule has 1 heterocycles. The Balaban J connectivity index is 2.24. The third kappa shape index (κ3) is 3.60. The molecule has 0 amide bonds. The van der Waals surface area contributed by atoms with Crippen LogP contribution in [0.3, 0.4) is 0 Å². The summed E-state index contributed by atoms with van der Waals surface area (Å²) in [7, 11) is 3.98. The van der Waals surface area contributed by atoms with Crippen LogP contribution in [0.4, 0.5) is 11.6 Å². The second kappa shape index (κ2) is 6.56. The minimum absolute atomic E-state index is 0.492. The van der Waals surface area contributed by atoms with Crippen LogP contribution in [0, 0.1) is 0 Å². The van der Waals surface area contributed by atoms with E-state index in [2.05, 4.69) is 31.2 Å². The number of rotatable bonds is 5. The summed E-state index contributed by atoms with van der Waals surface area (Å²) in [5.74, 6) is 1.78. The maximum Gasteiger partial charge on any atom is 0.238 e. The lowest BCUT2D eigenvalue weighted by molar-refractivity contribution is 0.459. The first-order valence-electron chi connectivity index (χ1n) is 6.31. The van der Waals surface area contributed by atoms with Gasteiger partial charge in [-0.25, -0.2) is 4.98 Å². The van der Waals surface area contributed by atoms with Crippen molar-refractivity contribution in [2.75, 3.05) is 30.9 Å². The zero-order valence-electron chi connectivity index (χ0n) is 11.7. The monoisotopic (exact) mass is 336 g/mol. The second-order valence-electron chi connectivity index (χ2n) is 4.37. The van der Waals surface area contributed by atoms with E-state index in [1.165, 1.54) is 0 Å². The summed E-state index contributed by atoms with van der Waals surface area (Å²) in [4.78, 5) is 10.5. The van der Waals surface area contributed by atoms with Gasteiger partial charge in [-0.1, -0.05) is 6.07 Å². The molecule has 0 fully saturated rings. The van der Waals surface area contributed by atoms with Crippen LogP contribution in [-0.4, -0.2) is 30.6 Å². The fourth-order valence-electron chi connectivity index (χ4n) is 1.60. The summed E-state index contributed by atoms with van der Waals surface area (Å²) < 4.78 is 6.54. The quantitative estimate of drug-likeness (QED) is 0.905. The van der Waals surface area contributed by atoms with Crippen LogP contribution in [0.2, 0.25) is 0 Å². The molecule has 5 nitrogen and oxygen atoms in total. The van der Waals surface area contributed by atoms with Gasteiger partial charge in [-0.15, -0.1) is 0 Å². The van der Waals surface area contributed by atoms with Crippen molar-refractivity contribution in [1.82, 2.24) is 9.97 Å². The molecule has 0 unspecified atom stereocenters. The molecule has 0 radical (unpaired) electrons. The molecule has 0 aliphatic rings. The van der Waals surface area contributed by atoms with Gasteiger partial charge in [-0.05, 0) is 35.0 Å². The Kier molecular flexibility index (Phi) is 4.79. The highest BCUT2D eigenvalue weighted by Gasteiger charge is 2.08. The molecule has 1 aromatic carbocycles. The molecule has 2 rings (SSSR count). The van der Waals surface area contributed by atoms with E-state index in [9.17, 15) is 0 Å². The number of ether oxygens (including phenoxy) is 1. The van der Waals surface area contributed by atoms with Crippen LogP contribution in [-0.2, 0) is 0 Å². The molecule has 2 aromatic rings. The highest BCUT2D eigenvalue weighted by atomic mass is 79.9. The van der Waals surface area contributed by atoms with Gasteiger partial charge >= 0.3 is 0 Å². The van der Waals surface area contributed by atoms with Gasteiger partial charge in [0, 0.05) is 32.4 Å². The molecule has 0 atom stereocenters. The van der Waals surface area contributed by atoms with Gasteiger partial charge in [0.15, 0.2) is 0 Å². The van der Waals surface area contributed by atoms with Crippen LogP contribution in [0.25, 0.3) is 0 Å². The standard InChI is InChI=1S/C14H17BrN4O/c1-4-16-14-17-9-12(15)13(18-14)20-11-7-5-6-10(8-11)19(2)3/h5-9H,4H2,1-3H3,(H,16,17,18). The molecule has 0 bridgehead atoms. The van der Waals surface area contributed by atoms with Crippen LogP contribution in [0.15, 0.2) is 34.9 Å². The summed E-state index contributed by atoms with van der Waals surface area (Å²) in [6.07, 6.45) is 1.68. The van der Waals surface area contributed by atoms with Crippen molar-refractivity contribution in [3.05, 3.63) is 34.9 Å². The van der Waals surface area contributed by atoms with E-state index in [0.29, 0.717) is 11.8 Å². The van der Waals surface area contributed by atoms with E-state index in [4.69, 9.17) is 4.74 Å². The Morgan fingerprint density at radius 2 is 2.15 bits per heavy atom. The first-order chi connectivity index (χ1) is 9.60. The van der Waals surface area contributed by atoms with Crippen molar-refractivity contribution in [3.63, 3.8) is 0 Å². The lowest BCUT2D eigenvalue weighted by Crippen LogP contribution is -2.08. The van der Waals surface area contributed by atoms with Gasteiger partial charge in [0.1, 0.15) is 5.75 Å². The van der Waals surface area contributed by atoms with E-state index in [0.717, 1.165) is 22.5 Å². The highest BCUT2D eigenvalue weighted by Crippen LogP contribution is 2.29. The maximum atomic E-state index is 5.82. The number of hydrogen-bond donors (Lipinski definition) is 1. The summed E-state index contributed by atoms with van der Waals surface area (Å²) in [5.41, 5.74) is 1.07. The third-order valence-corrected chi connectivity index (χ3v) is 3.14. The lowest BCUT2D eigenvalue weighted by atomic mass is 10.3. The molecule has 0 aliphatic heterocycles. The number of benzene rings is 1. The normalized spacial score (nSPS) is 10.2. The van der Waals surface area contributed by atoms with Gasteiger partial charge in [-0.3, -0.25) is 0 Å². The van der Waals surface area contributed by atoms with Gasteiger partial charge in [0.2, 0.25) is 11.8 Å². The lowest BCUT2D eigenvalue weighted by Gasteiger charge is -2.14. The van der Waals surface area contributed by atoms with Crippen molar-refractivity contribution >= 4 is 27.6 Å². The van der Waals surface area contributed by atoms with Gasteiger partial charge in [-0.2, -0.15) is 4.98 Å². The number of nitrogens with one attached hydrogen (secondary N) is 1. The van der Waals surface area contributed by atoms with Crippen LogP contribution in [0.1, 0.15) is 6.92 Å². The minimum Gasteiger partial charge on any atom is -0.438 e. The van der Waals surface area contributed by atoms with Crippen molar-refractivity contribution in [1.29, 1.82) is 0 Å². The fraction of sp³-hybridized carbons (Fsp3) is 0.286. The van der Waals surface area contributed by atoms with Crippen LogP contribution < -0.4 is 15.0 Å². The molecule has 0 spiro atoms. The highest BCUT2D eigenvalue weighted by molar-refractivity contribution is 9.10. The van der Waals surface area contributed by atoms with E-state index < -0.39 is 0 Å². The Morgan fingerprint density at radius 3 is 2.85 bits per heavy atom. The zero-order valence-corrected chi connectivity index (χ0v) is 13.3. The summed E-state index contributed by atoms with van der Waals surface area (Å²) in [5, 5.41) is 3.06.